The SMILES string of the molecule is NCC(c1ccc(F)cc1Cl)C(O)c1cc(F)ccc1F. The van der Waals surface area contributed by atoms with Crippen molar-refractivity contribution in [1.82, 2.24) is 0 Å². The van der Waals surface area contributed by atoms with Gasteiger partial charge in [-0.05, 0) is 35.9 Å². The Labute approximate surface area is 125 Å². The van der Waals surface area contributed by atoms with E-state index in [4.69, 9.17) is 17.3 Å². The highest BCUT2D eigenvalue weighted by molar-refractivity contribution is 6.31. The first-order valence-electron chi connectivity index (χ1n) is 6.22. The Kier molecular flexibility index (Phi) is 4.88. The summed E-state index contributed by atoms with van der Waals surface area (Å²) in [6.07, 6.45) is -1.39. The van der Waals surface area contributed by atoms with Crippen LogP contribution in [0.3, 0.4) is 0 Å². The van der Waals surface area contributed by atoms with Gasteiger partial charge in [0.05, 0.1) is 6.10 Å². The van der Waals surface area contributed by atoms with Gasteiger partial charge in [0.1, 0.15) is 17.5 Å². The average Bonchev–Trinajstić information content (AvgIpc) is 2.44. The van der Waals surface area contributed by atoms with Crippen molar-refractivity contribution in [1.29, 1.82) is 0 Å². The Morgan fingerprint density at radius 1 is 1.00 bits per heavy atom. The number of aliphatic hydroxyl groups is 1. The third kappa shape index (κ3) is 3.37. The molecule has 2 rings (SSSR count). The van der Waals surface area contributed by atoms with Gasteiger partial charge in [-0.1, -0.05) is 17.7 Å². The van der Waals surface area contributed by atoms with Crippen LogP contribution in [-0.2, 0) is 0 Å². The van der Waals surface area contributed by atoms with Crippen molar-refractivity contribution in [2.24, 2.45) is 5.73 Å². The maximum Gasteiger partial charge on any atom is 0.129 e. The molecule has 3 N–H and O–H groups in total. The molecule has 2 aromatic rings. The topological polar surface area (TPSA) is 46.2 Å². The molecule has 0 saturated carbocycles. The van der Waals surface area contributed by atoms with Crippen LogP contribution >= 0.6 is 11.6 Å². The third-order valence-corrected chi connectivity index (χ3v) is 3.60. The maximum absolute atomic E-state index is 13.7. The van der Waals surface area contributed by atoms with Crippen LogP contribution in [0.25, 0.3) is 0 Å². The summed E-state index contributed by atoms with van der Waals surface area (Å²) >= 11 is 5.93. The van der Waals surface area contributed by atoms with E-state index in [0.29, 0.717) is 5.56 Å². The van der Waals surface area contributed by atoms with Crippen LogP contribution in [0.5, 0.6) is 0 Å². The van der Waals surface area contributed by atoms with Crippen molar-refractivity contribution in [2.75, 3.05) is 6.54 Å². The molecule has 2 aromatic carbocycles. The lowest BCUT2D eigenvalue weighted by Gasteiger charge is -2.23. The molecule has 0 heterocycles. The van der Waals surface area contributed by atoms with E-state index in [0.717, 1.165) is 24.3 Å². The Hall–Kier alpha value is -1.56. The predicted octanol–water partition coefficient (Wildman–Crippen LogP) is 3.53. The zero-order chi connectivity index (χ0) is 15.6. The zero-order valence-electron chi connectivity index (χ0n) is 10.9. The number of nitrogens with two attached hydrogens (primary N) is 1. The van der Waals surface area contributed by atoms with Gasteiger partial charge in [-0.2, -0.15) is 0 Å². The molecule has 112 valence electrons. The first kappa shape index (κ1) is 15.8. The van der Waals surface area contributed by atoms with Crippen LogP contribution in [0.1, 0.15) is 23.1 Å². The van der Waals surface area contributed by atoms with E-state index in [1.165, 1.54) is 12.1 Å². The fourth-order valence-corrected chi connectivity index (χ4v) is 2.49. The van der Waals surface area contributed by atoms with Crippen LogP contribution < -0.4 is 5.73 Å². The molecule has 0 aliphatic heterocycles. The lowest BCUT2D eigenvalue weighted by molar-refractivity contribution is 0.142. The molecule has 0 spiro atoms. The Morgan fingerprint density at radius 3 is 2.24 bits per heavy atom. The molecule has 2 atom stereocenters. The molecule has 0 aromatic heterocycles. The quantitative estimate of drug-likeness (QED) is 0.906. The van der Waals surface area contributed by atoms with E-state index >= 15 is 0 Å². The van der Waals surface area contributed by atoms with Gasteiger partial charge in [0.2, 0.25) is 0 Å². The van der Waals surface area contributed by atoms with Crippen LogP contribution in [0.2, 0.25) is 5.02 Å². The van der Waals surface area contributed by atoms with E-state index in [1.807, 2.05) is 0 Å². The molecule has 6 heteroatoms. The second-order valence-corrected chi connectivity index (χ2v) is 5.03. The predicted molar refractivity (Wildman–Crippen MR) is 74.5 cm³/mol. The average molecular weight is 316 g/mol. The van der Waals surface area contributed by atoms with Crippen LogP contribution in [-0.4, -0.2) is 11.7 Å². The van der Waals surface area contributed by atoms with Crippen molar-refractivity contribution in [3.63, 3.8) is 0 Å². The second-order valence-electron chi connectivity index (χ2n) is 4.62. The summed E-state index contributed by atoms with van der Waals surface area (Å²) < 4.78 is 40.0. The minimum absolute atomic E-state index is 0.0670. The van der Waals surface area contributed by atoms with Gasteiger partial charge in [-0.3, -0.25) is 0 Å². The normalized spacial score (nSPS) is 14.0. The molecule has 0 aliphatic rings. The Balaban J connectivity index is 2.43. The summed E-state index contributed by atoms with van der Waals surface area (Å²) in [5, 5.41) is 10.4. The molecule has 0 aliphatic carbocycles. The van der Waals surface area contributed by atoms with Crippen molar-refractivity contribution < 1.29 is 18.3 Å². The lowest BCUT2D eigenvalue weighted by Crippen LogP contribution is -2.21. The van der Waals surface area contributed by atoms with E-state index < -0.39 is 29.5 Å². The number of aliphatic hydroxyl groups excluding tert-OH is 1. The van der Waals surface area contributed by atoms with Crippen LogP contribution in [0, 0.1) is 17.5 Å². The van der Waals surface area contributed by atoms with Crippen molar-refractivity contribution >= 4 is 11.6 Å². The molecule has 0 radical (unpaired) electrons. The van der Waals surface area contributed by atoms with E-state index in [2.05, 4.69) is 0 Å². The number of hydrogen-bond acceptors (Lipinski definition) is 2. The monoisotopic (exact) mass is 315 g/mol. The van der Waals surface area contributed by atoms with E-state index in [-0.39, 0.29) is 17.1 Å². The lowest BCUT2D eigenvalue weighted by atomic mass is 9.89. The summed E-state index contributed by atoms with van der Waals surface area (Å²) in [5.41, 5.74) is 5.76. The smallest absolute Gasteiger partial charge is 0.129 e. The van der Waals surface area contributed by atoms with Crippen LogP contribution in [0.4, 0.5) is 13.2 Å². The first-order valence-corrected chi connectivity index (χ1v) is 6.60. The fraction of sp³-hybridized carbons (Fsp3) is 0.200. The minimum Gasteiger partial charge on any atom is -0.388 e. The molecular formula is C15H13ClF3NO. The number of halogens is 4. The van der Waals surface area contributed by atoms with Crippen molar-refractivity contribution in [3.05, 3.63) is 70.0 Å². The largest absolute Gasteiger partial charge is 0.388 e. The molecule has 2 nitrogen and oxygen atoms in total. The number of hydrogen-bond donors (Lipinski definition) is 2. The summed E-state index contributed by atoms with van der Waals surface area (Å²) in [6, 6.07) is 6.39. The first-order chi connectivity index (χ1) is 9.93. The summed E-state index contributed by atoms with van der Waals surface area (Å²) in [7, 11) is 0. The van der Waals surface area contributed by atoms with Crippen molar-refractivity contribution in [2.45, 2.75) is 12.0 Å². The van der Waals surface area contributed by atoms with Crippen molar-refractivity contribution in [3.8, 4) is 0 Å². The number of rotatable bonds is 4. The van der Waals surface area contributed by atoms with E-state index in [9.17, 15) is 18.3 Å². The van der Waals surface area contributed by atoms with Gasteiger partial charge in [0.25, 0.3) is 0 Å². The number of benzene rings is 2. The molecule has 0 bridgehead atoms. The molecule has 0 fully saturated rings. The van der Waals surface area contributed by atoms with Gasteiger partial charge < -0.3 is 10.8 Å². The van der Waals surface area contributed by atoms with Gasteiger partial charge in [0.15, 0.2) is 0 Å². The van der Waals surface area contributed by atoms with Gasteiger partial charge in [-0.25, -0.2) is 13.2 Å². The Morgan fingerprint density at radius 2 is 1.62 bits per heavy atom. The summed E-state index contributed by atoms with van der Waals surface area (Å²) in [5.74, 6) is -2.74. The highest BCUT2D eigenvalue weighted by Crippen LogP contribution is 2.35. The van der Waals surface area contributed by atoms with Gasteiger partial charge >= 0.3 is 0 Å². The Bertz CT molecular complexity index is 651. The highest BCUT2D eigenvalue weighted by atomic mass is 35.5. The van der Waals surface area contributed by atoms with Crippen LogP contribution in [0.15, 0.2) is 36.4 Å². The van der Waals surface area contributed by atoms with Gasteiger partial charge in [-0.15, -0.1) is 0 Å². The van der Waals surface area contributed by atoms with E-state index in [1.54, 1.807) is 0 Å². The molecule has 2 unspecified atom stereocenters. The third-order valence-electron chi connectivity index (χ3n) is 3.27. The molecule has 0 amide bonds. The summed E-state index contributed by atoms with van der Waals surface area (Å²) in [4.78, 5) is 0. The summed E-state index contributed by atoms with van der Waals surface area (Å²) in [6.45, 7) is -0.0670. The fourth-order valence-electron chi connectivity index (χ4n) is 2.19. The molecule has 21 heavy (non-hydrogen) atoms. The highest BCUT2D eigenvalue weighted by Gasteiger charge is 2.26. The van der Waals surface area contributed by atoms with Gasteiger partial charge in [0, 0.05) is 23.0 Å². The second kappa shape index (κ2) is 6.47. The zero-order valence-corrected chi connectivity index (χ0v) is 11.6. The molecule has 0 saturated heterocycles. The standard InChI is InChI=1S/C15H13ClF3NO/c16-13-6-9(18)1-3-10(13)12(7-20)15(21)11-5-8(17)2-4-14(11)19/h1-6,12,15,21H,7,20H2. The minimum atomic E-state index is -1.39. The maximum atomic E-state index is 13.7. The molecular weight excluding hydrogens is 303 g/mol.